The second kappa shape index (κ2) is 5.35. The summed E-state index contributed by atoms with van der Waals surface area (Å²) in [4.78, 5) is 24.6. The SMILES string of the molecule is COC(=O)C1(C(=O)c2cc(Cl)cc(Cl)c2)CC=CC1. The van der Waals surface area contributed by atoms with Gasteiger partial charge in [-0.3, -0.25) is 9.59 Å². The Morgan fingerprint density at radius 1 is 1.11 bits per heavy atom. The van der Waals surface area contributed by atoms with Gasteiger partial charge in [0.05, 0.1) is 7.11 Å². The van der Waals surface area contributed by atoms with Crippen molar-refractivity contribution in [2.45, 2.75) is 12.8 Å². The van der Waals surface area contributed by atoms with Crippen LogP contribution in [0.15, 0.2) is 30.4 Å². The number of rotatable bonds is 3. The van der Waals surface area contributed by atoms with Crippen LogP contribution < -0.4 is 0 Å². The third-order valence-electron chi connectivity index (χ3n) is 3.23. The molecule has 19 heavy (non-hydrogen) atoms. The highest BCUT2D eigenvalue weighted by Gasteiger charge is 2.47. The second-order valence-corrected chi connectivity index (χ2v) is 5.31. The van der Waals surface area contributed by atoms with E-state index in [4.69, 9.17) is 27.9 Å². The maximum Gasteiger partial charge on any atom is 0.320 e. The van der Waals surface area contributed by atoms with E-state index in [1.807, 2.05) is 0 Å². The number of esters is 1. The Morgan fingerprint density at radius 2 is 1.63 bits per heavy atom. The van der Waals surface area contributed by atoms with Crippen molar-refractivity contribution in [3.05, 3.63) is 46.0 Å². The third-order valence-corrected chi connectivity index (χ3v) is 3.67. The zero-order valence-corrected chi connectivity index (χ0v) is 11.8. The van der Waals surface area contributed by atoms with Crippen molar-refractivity contribution in [2.75, 3.05) is 7.11 Å². The highest BCUT2D eigenvalue weighted by Crippen LogP contribution is 2.38. The quantitative estimate of drug-likeness (QED) is 0.370. The van der Waals surface area contributed by atoms with Crippen molar-refractivity contribution >= 4 is 35.0 Å². The standard InChI is InChI=1S/C14H12Cl2O3/c1-19-13(18)14(4-2-3-5-14)12(17)9-6-10(15)8-11(16)7-9/h2-3,6-8H,4-5H2,1H3. The molecule has 3 nitrogen and oxygen atoms in total. The molecule has 0 atom stereocenters. The number of methoxy groups -OCH3 is 1. The zero-order chi connectivity index (χ0) is 14.0. The summed E-state index contributed by atoms with van der Waals surface area (Å²) in [6, 6.07) is 4.56. The number of Topliss-reactive ketones (excluding diaryl/α,β-unsaturated/α-hetero) is 1. The van der Waals surface area contributed by atoms with Crippen molar-refractivity contribution in [1.29, 1.82) is 0 Å². The van der Waals surface area contributed by atoms with Gasteiger partial charge in [0.15, 0.2) is 5.78 Å². The molecule has 1 aromatic carbocycles. The lowest BCUT2D eigenvalue weighted by atomic mass is 9.78. The molecule has 0 amide bonds. The van der Waals surface area contributed by atoms with Crippen LogP contribution >= 0.6 is 23.2 Å². The van der Waals surface area contributed by atoms with E-state index in [0.717, 1.165) is 0 Å². The number of halogens is 2. The molecule has 0 N–H and O–H groups in total. The Bertz CT molecular complexity index is 536. The first-order valence-corrected chi connectivity index (χ1v) is 6.49. The van der Waals surface area contributed by atoms with Crippen molar-refractivity contribution in [2.24, 2.45) is 5.41 Å². The van der Waals surface area contributed by atoms with Crippen LogP contribution in [-0.2, 0) is 9.53 Å². The number of allylic oxidation sites excluding steroid dienone is 2. The van der Waals surface area contributed by atoms with Gasteiger partial charge in [0.25, 0.3) is 0 Å². The summed E-state index contributed by atoms with van der Waals surface area (Å²) in [5.41, 5.74) is -0.852. The number of hydrogen-bond acceptors (Lipinski definition) is 3. The molecule has 1 aliphatic rings. The number of ether oxygens (including phenoxy) is 1. The smallest absolute Gasteiger partial charge is 0.320 e. The van der Waals surface area contributed by atoms with Crippen molar-refractivity contribution in [3.8, 4) is 0 Å². The molecule has 0 spiro atoms. The third kappa shape index (κ3) is 2.53. The molecule has 0 fully saturated rings. The van der Waals surface area contributed by atoms with Gasteiger partial charge in [0.1, 0.15) is 5.41 Å². The molecule has 2 rings (SSSR count). The fourth-order valence-corrected chi connectivity index (χ4v) is 2.78. The Morgan fingerprint density at radius 3 is 2.11 bits per heavy atom. The largest absolute Gasteiger partial charge is 0.468 e. The van der Waals surface area contributed by atoms with E-state index in [1.165, 1.54) is 25.3 Å². The van der Waals surface area contributed by atoms with E-state index >= 15 is 0 Å². The molecular weight excluding hydrogens is 287 g/mol. The normalized spacial score (nSPS) is 16.4. The number of carbonyl (C=O) groups is 2. The summed E-state index contributed by atoms with van der Waals surface area (Å²) in [6.07, 6.45) is 4.28. The van der Waals surface area contributed by atoms with Crippen LogP contribution in [0, 0.1) is 5.41 Å². The minimum atomic E-state index is -1.18. The monoisotopic (exact) mass is 298 g/mol. The lowest BCUT2D eigenvalue weighted by molar-refractivity contribution is -0.149. The van der Waals surface area contributed by atoms with Gasteiger partial charge in [-0.2, -0.15) is 0 Å². The van der Waals surface area contributed by atoms with Gasteiger partial charge >= 0.3 is 5.97 Å². The highest BCUT2D eigenvalue weighted by molar-refractivity contribution is 6.35. The van der Waals surface area contributed by atoms with Crippen LogP contribution in [0.1, 0.15) is 23.2 Å². The van der Waals surface area contributed by atoms with Crippen LogP contribution in [0.4, 0.5) is 0 Å². The second-order valence-electron chi connectivity index (χ2n) is 4.44. The van der Waals surface area contributed by atoms with E-state index < -0.39 is 11.4 Å². The Hall–Kier alpha value is -1.32. The molecule has 1 aromatic rings. The molecule has 0 aromatic heterocycles. The predicted octanol–water partition coefficient (Wildman–Crippen LogP) is 3.69. The van der Waals surface area contributed by atoms with Gasteiger partial charge in [0, 0.05) is 15.6 Å². The first-order chi connectivity index (χ1) is 8.99. The minimum Gasteiger partial charge on any atom is -0.468 e. The van der Waals surface area contributed by atoms with Crippen molar-refractivity contribution in [3.63, 3.8) is 0 Å². The fourth-order valence-electron chi connectivity index (χ4n) is 2.25. The van der Waals surface area contributed by atoms with Gasteiger partial charge in [-0.05, 0) is 31.0 Å². The number of carbonyl (C=O) groups excluding carboxylic acids is 2. The summed E-state index contributed by atoms with van der Waals surface area (Å²) in [5, 5.41) is 0.726. The summed E-state index contributed by atoms with van der Waals surface area (Å²) in [7, 11) is 1.28. The molecule has 5 heteroatoms. The first-order valence-electron chi connectivity index (χ1n) is 5.74. The van der Waals surface area contributed by atoms with Crippen LogP contribution in [0.5, 0.6) is 0 Å². The molecule has 0 radical (unpaired) electrons. The zero-order valence-electron chi connectivity index (χ0n) is 10.3. The number of benzene rings is 1. The van der Waals surface area contributed by atoms with Gasteiger partial charge < -0.3 is 4.74 Å². The van der Waals surface area contributed by atoms with Crippen LogP contribution in [0.2, 0.25) is 10.0 Å². The van der Waals surface area contributed by atoms with E-state index in [9.17, 15) is 9.59 Å². The first kappa shape index (κ1) is 14.1. The molecule has 1 aliphatic carbocycles. The molecule has 0 heterocycles. The molecule has 0 saturated heterocycles. The van der Waals surface area contributed by atoms with Crippen LogP contribution in [0.3, 0.4) is 0 Å². The summed E-state index contributed by atoms with van der Waals surface area (Å²) in [6.45, 7) is 0. The fraction of sp³-hybridized carbons (Fsp3) is 0.286. The Labute approximate surface area is 121 Å². The summed E-state index contributed by atoms with van der Waals surface area (Å²) >= 11 is 11.8. The van der Waals surface area contributed by atoms with E-state index in [0.29, 0.717) is 28.5 Å². The molecule has 100 valence electrons. The average molecular weight is 299 g/mol. The lowest BCUT2D eigenvalue weighted by Gasteiger charge is -2.24. The molecular formula is C14H12Cl2O3. The van der Waals surface area contributed by atoms with E-state index in [1.54, 1.807) is 12.2 Å². The summed E-state index contributed by atoms with van der Waals surface area (Å²) < 4.78 is 4.77. The van der Waals surface area contributed by atoms with E-state index in [-0.39, 0.29) is 5.78 Å². The van der Waals surface area contributed by atoms with Crippen LogP contribution in [0.25, 0.3) is 0 Å². The lowest BCUT2D eigenvalue weighted by Crippen LogP contribution is -2.38. The molecule has 0 bridgehead atoms. The van der Waals surface area contributed by atoms with Gasteiger partial charge in [0.2, 0.25) is 0 Å². The number of hydrogen-bond donors (Lipinski definition) is 0. The van der Waals surface area contributed by atoms with Gasteiger partial charge in [-0.15, -0.1) is 0 Å². The molecule has 0 aliphatic heterocycles. The van der Waals surface area contributed by atoms with Crippen LogP contribution in [-0.4, -0.2) is 18.9 Å². The van der Waals surface area contributed by atoms with Crippen molar-refractivity contribution < 1.29 is 14.3 Å². The predicted molar refractivity (Wildman–Crippen MR) is 73.6 cm³/mol. The van der Waals surface area contributed by atoms with Gasteiger partial charge in [-0.1, -0.05) is 35.4 Å². The topological polar surface area (TPSA) is 43.4 Å². The maximum absolute atomic E-state index is 12.6. The van der Waals surface area contributed by atoms with Gasteiger partial charge in [-0.25, -0.2) is 0 Å². The number of ketones is 1. The van der Waals surface area contributed by atoms with E-state index in [2.05, 4.69) is 0 Å². The maximum atomic E-state index is 12.6. The molecule has 0 unspecified atom stereocenters. The highest BCUT2D eigenvalue weighted by atomic mass is 35.5. The minimum absolute atomic E-state index is 0.311. The summed E-state index contributed by atoms with van der Waals surface area (Å²) in [5.74, 6) is -0.840. The average Bonchev–Trinajstić information content (AvgIpc) is 2.86. The van der Waals surface area contributed by atoms with Crippen molar-refractivity contribution in [1.82, 2.24) is 0 Å². The molecule has 0 saturated carbocycles. The Balaban J connectivity index is 2.43. The Kier molecular flexibility index (Phi) is 3.97.